The number of ether oxygens (including phenoxy) is 1. The molecule has 2 aromatic heterocycles. The van der Waals surface area contributed by atoms with Crippen LogP contribution in [0.2, 0.25) is 0 Å². The maximum absolute atomic E-state index is 5.95. The number of anilines is 1. The topological polar surface area (TPSA) is 42.3 Å². The fourth-order valence-electron chi connectivity index (χ4n) is 5.62. The fraction of sp³-hybridized carbons (Fsp3) is 0.161. The molecule has 3 heterocycles. The van der Waals surface area contributed by atoms with Crippen LogP contribution in [-0.2, 0) is 0 Å². The van der Waals surface area contributed by atoms with E-state index in [0.29, 0.717) is 5.11 Å². The molecule has 2 atom stereocenters. The van der Waals surface area contributed by atoms with Crippen molar-refractivity contribution in [1.82, 2.24) is 14.9 Å². The van der Waals surface area contributed by atoms with Crippen molar-refractivity contribution in [1.29, 1.82) is 0 Å². The normalized spacial score (nSPS) is 17.3. The maximum atomic E-state index is 5.95. The Balaban J connectivity index is 1.57. The summed E-state index contributed by atoms with van der Waals surface area (Å²) in [5, 5.41) is 6.67. The minimum absolute atomic E-state index is 0.117. The monoisotopic (exact) mass is 504 g/mol. The molecular formula is C31H28N4OS. The van der Waals surface area contributed by atoms with Crippen molar-refractivity contribution >= 4 is 33.8 Å². The van der Waals surface area contributed by atoms with Crippen molar-refractivity contribution in [3.05, 3.63) is 120 Å². The first kappa shape index (κ1) is 23.3. The number of thiocarbonyl (C=S) groups is 1. The van der Waals surface area contributed by atoms with E-state index >= 15 is 0 Å². The minimum atomic E-state index is -0.125. The molecule has 0 unspecified atom stereocenters. The SMILES string of the molecule is COc1ccccc1N1C(=S)N[C@@H](c2ccccn2)[C@H]1c1cc(C)n(-c2cccc3ccccc23)c1C. The van der Waals surface area contributed by atoms with Gasteiger partial charge in [-0.1, -0.05) is 54.6 Å². The van der Waals surface area contributed by atoms with Gasteiger partial charge in [-0.3, -0.25) is 4.98 Å². The number of rotatable bonds is 5. The lowest BCUT2D eigenvalue weighted by Crippen LogP contribution is -2.30. The molecule has 1 fully saturated rings. The summed E-state index contributed by atoms with van der Waals surface area (Å²) in [5.74, 6) is 0.779. The summed E-state index contributed by atoms with van der Waals surface area (Å²) < 4.78 is 8.11. The summed E-state index contributed by atoms with van der Waals surface area (Å²) in [6, 6.07) is 31.1. The van der Waals surface area contributed by atoms with Crippen LogP contribution >= 0.6 is 12.2 Å². The van der Waals surface area contributed by atoms with Gasteiger partial charge in [-0.25, -0.2) is 0 Å². The summed E-state index contributed by atoms with van der Waals surface area (Å²) >= 11 is 5.95. The lowest BCUT2D eigenvalue weighted by molar-refractivity contribution is 0.414. The number of fused-ring (bicyclic) bond motifs is 1. The average Bonchev–Trinajstić information content (AvgIpc) is 3.43. The van der Waals surface area contributed by atoms with Gasteiger partial charge >= 0.3 is 0 Å². The lowest BCUT2D eigenvalue weighted by atomic mass is 9.96. The first-order valence-corrected chi connectivity index (χ1v) is 12.8. The molecule has 0 saturated carbocycles. The quantitative estimate of drug-likeness (QED) is 0.266. The van der Waals surface area contributed by atoms with Crippen molar-refractivity contribution in [3.8, 4) is 11.4 Å². The van der Waals surface area contributed by atoms with Crippen LogP contribution in [0.25, 0.3) is 16.5 Å². The van der Waals surface area contributed by atoms with Gasteiger partial charge in [-0.05, 0) is 73.4 Å². The molecule has 5 nitrogen and oxygen atoms in total. The third-order valence-corrected chi connectivity index (χ3v) is 7.55. The largest absolute Gasteiger partial charge is 0.495 e. The summed E-state index contributed by atoms with van der Waals surface area (Å²) in [6.07, 6.45) is 1.84. The van der Waals surface area contributed by atoms with E-state index in [1.165, 1.54) is 33.4 Å². The Morgan fingerprint density at radius 1 is 0.865 bits per heavy atom. The molecule has 6 rings (SSSR count). The van der Waals surface area contributed by atoms with Gasteiger partial charge in [0.1, 0.15) is 5.75 Å². The van der Waals surface area contributed by atoms with Crippen molar-refractivity contribution in [2.45, 2.75) is 25.9 Å². The molecule has 1 saturated heterocycles. The van der Waals surface area contributed by atoms with Crippen LogP contribution in [0.5, 0.6) is 5.75 Å². The highest BCUT2D eigenvalue weighted by molar-refractivity contribution is 7.80. The molecule has 184 valence electrons. The van der Waals surface area contributed by atoms with Gasteiger partial charge in [0.15, 0.2) is 5.11 Å². The van der Waals surface area contributed by atoms with E-state index in [0.717, 1.165) is 17.1 Å². The number of benzene rings is 3. The molecule has 0 aliphatic carbocycles. The first-order chi connectivity index (χ1) is 18.1. The van der Waals surface area contributed by atoms with Gasteiger partial charge in [0.05, 0.1) is 36.3 Å². The predicted octanol–water partition coefficient (Wildman–Crippen LogP) is 6.83. The fourth-order valence-corrected chi connectivity index (χ4v) is 5.96. The summed E-state index contributed by atoms with van der Waals surface area (Å²) in [7, 11) is 1.70. The second-order valence-corrected chi connectivity index (χ2v) is 9.72. The van der Waals surface area contributed by atoms with E-state index in [1.54, 1.807) is 7.11 Å². The highest BCUT2D eigenvalue weighted by atomic mass is 32.1. The number of nitrogens with one attached hydrogen (secondary N) is 1. The number of para-hydroxylation sites is 2. The molecule has 1 N–H and O–H groups in total. The lowest BCUT2D eigenvalue weighted by Gasteiger charge is -2.29. The van der Waals surface area contributed by atoms with Crippen LogP contribution in [0.15, 0.2) is 97.2 Å². The standard InChI is InChI=1S/C31H28N4OS/c1-20-19-24(21(2)34(20)26-16-10-12-22-11-4-5-13-23(22)26)30-29(25-14-8-9-18-32-25)33-31(37)35(30)27-15-6-7-17-28(27)36-3/h4-19,29-30H,1-3H3,(H,33,37)/t29-,30+/m0/s1. The van der Waals surface area contributed by atoms with E-state index in [9.17, 15) is 0 Å². The Bertz CT molecular complexity index is 1610. The number of aryl methyl sites for hydroxylation is 1. The van der Waals surface area contributed by atoms with Crippen molar-refractivity contribution in [2.24, 2.45) is 0 Å². The van der Waals surface area contributed by atoms with Crippen LogP contribution < -0.4 is 15.0 Å². The Labute approximate surface area is 222 Å². The molecule has 0 radical (unpaired) electrons. The van der Waals surface area contributed by atoms with E-state index in [-0.39, 0.29) is 12.1 Å². The van der Waals surface area contributed by atoms with Crippen LogP contribution in [0.3, 0.4) is 0 Å². The van der Waals surface area contributed by atoms with E-state index in [4.69, 9.17) is 21.9 Å². The van der Waals surface area contributed by atoms with Crippen LogP contribution in [0.1, 0.15) is 34.7 Å². The zero-order valence-corrected chi connectivity index (χ0v) is 21.9. The summed E-state index contributed by atoms with van der Waals surface area (Å²) in [4.78, 5) is 6.90. The second kappa shape index (κ2) is 9.37. The highest BCUT2D eigenvalue weighted by Crippen LogP contribution is 2.46. The zero-order chi connectivity index (χ0) is 25.5. The van der Waals surface area contributed by atoms with Gasteiger partial charge in [0.2, 0.25) is 0 Å². The molecule has 6 heteroatoms. The first-order valence-electron chi connectivity index (χ1n) is 12.4. The Kier molecular flexibility index (Phi) is 5.89. The number of aromatic nitrogens is 2. The third kappa shape index (κ3) is 3.85. The highest BCUT2D eigenvalue weighted by Gasteiger charge is 2.43. The van der Waals surface area contributed by atoms with Crippen LogP contribution in [0, 0.1) is 13.8 Å². The number of nitrogens with zero attached hydrogens (tertiary/aromatic N) is 3. The van der Waals surface area contributed by atoms with Crippen molar-refractivity contribution in [2.75, 3.05) is 12.0 Å². The Morgan fingerprint density at radius 3 is 2.41 bits per heavy atom. The third-order valence-electron chi connectivity index (χ3n) is 7.24. The maximum Gasteiger partial charge on any atom is 0.174 e. The molecule has 1 aliphatic rings. The molecule has 1 aliphatic heterocycles. The summed E-state index contributed by atoms with van der Waals surface area (Å²) in [6.45, 7) is 4.36. The van der Waals surface area contributed by atoms with Gasteiger partial charge in [0.25, 0.3) is 0 Å². The van der Waals surface area contributed by atoms with Gasteiger partial charge in [-0.2, -0.15) is 0 Å². The molecule has 0 bridgehead atoms. The number of hydrogen-bond acceptors (Lipinski definition) is 3. The van der Waals surface area contributed by atoms with Gasteiger partial charge in [0, 0.05) is 23.0 Å². The van der Waals surface area contributed by atoms with E-state index in [1.807, 2.05) is 36.5 Å². The molecular weight excluding hydrogens is 476 g/mol. The second-order valence-electron chi connectivity index (χ2n) is 9.33. The van der Waals surface area contributed by atoms with Crippen LogP contribution in [0.4, 0.5) is 5.69 Å². The van der Waals surface area contributed by atoms with Crippen molar-refractivity contribution < 1.29 is 4.74 Å². The Hall–Kier alpha value is -4.16. The molecule has 37 heavy (non-hydrogen) atoms. The molecule has 0 amide bonds. The number of pyridine rings is 1. The van der Waals surface area contributed by atoms with E-state index in [2.05, 4.69) is 89.3 Å². The Morgan fingerprint density at radius 2 is 1.59 bits per heavy atom. The molecule has 5 aromatic rings. The number of methoxy groups -OCH3 is 1. The molecule has 3 aromatic carbocycles. The predicted molar refractivity (Wildman–Crippen MR) is 154 cm³/mol. The van der Waals surface area contributed by atoms with Crippen LogP contribution in [-0.4, -0.2) is 21.8 Å². The summed E-state index contributed by atoms with van der Waals surface area (Å²) in [5.41, 5.74) is 6.58. The van der Waals surface area contributed by atoms with Gasteiger partial charge < -0.3 is 19.5 Å². The zero-order valence-electron chi connectivity index (χ0n) is 21.1. The molecule has 0 spiro atoms. The van der Waals surface area contributed by atoms with E-state index < -0.39 is 0 Å². The smallest absolute Gasteiger partial charge is 0.174 e. The number of hydrogen-bond donors (Lipinski definition) is 1. The minimum Gasteiger partial charge on any atom is -0.495 e. The van der Waals surface area contributed by atoms with Gasteiger partial charge in [-0.15, -0.1) is 0 Å². The van der Waals surface area contributed by atoms with Crippen molar-refractivity contribution in [3.63, 3.8) is 0 Å². The average molecular weight is 505 g/mol.